The summed E-state index contributed by atoms with van der Waals surface area (Å²) < 4.78 is 12.0. The fraction of sp³-hybridized carbons (Fsp3) is 0.600. The number of ether oxygens (including phenoxy) is 2. The molecule has 0 radical (unpaired) electrons. The molecule has 102 valence electrons. The monoisotopic (exact) mass is 260 g/mol. The maximum atomic E-state index is 8.85. The first-order valence-corrected chi connectivity index (χ1v) is 6.53. The lowest BCUT2D eigenvalue weighted by Crippen LogP contribution is -2.49. The standard InChI is InChI=1S/C15H20N2O2/c1-14(2)8-13(9-15(3,4)19-14)18-12-5-6-17-11(7-12)10-16/h5-7,13H,8-9H2,1-4H3. The molecule has 0 aromatic carbocycles. The van der Waals surface area contributed by atoms with Crippen molar-refractivity contribution in [2.24, 2.45) is 0 Å². The second-order valence-electron chi connectivity index (χ2n) is 6.26. The molecule has 0 unspecified atom stereocenters. The largest absolute Gasteiger partial charge is 0.490 e. The van der Waals surface area contributed by atoms with Crippen molar-refractivity contribution in [3.8, 4) is 11.8 Å². The van der Waals surface area contributed by atoms with Crippen LogP contribution < -0.4 is 4.74 Å². The summed E-state index contributed by atoms with van der Waals surface area (Å²) in [6.45, 7) is 8.32. The van der Waals surface area contributed by atoms with Crippen LogP contribution in [0.3, 0.4) is 0 Å². The first-order valence-electron chi connectivity index (χ1n) is 6.53. The number of pyridine rings is 1. The Bertz CT molecular complexity index is 487. The molecule has 2 rings (SSSR count). The molecule has 0 spiro atoms. The lowest BCUT2D eigenvalue weighted by atomic mass is 9.87. The SMILES string of the molecule is CC1(C)CC(Oc2ccnc(C#N)c2)CC(C)(C)O1. The van der Waals surface area contributed by atoms with Gasteiger partial charge in [0.25, 0.3) is 0 Å². The topological polar surface area (TPSA) is 55.1 Å². The Morgan fingerprint density at radius 1 is 1.32 bits per heavy atom. The lowest BCUT2D eigenvalue weighted by Gasteiger charge is -2.45. The predicted octanol–water partition coefficient (Wildman–Crippen LogP) is 3.07. The molecule has 0 aliphatic carbocycles. The maximum Gasteiger partial charge on any atom is 0.144 e. The van der Waals surface area contributed by atoms with Crippen LogP contribution in [0.2, 0.25) is 0 Å². The number of aromatic nitrogens is 1. The second-order valence-corrected chi connectivity index (χ2v) is 6.26. The summed E-state index contributed by atoms with van der Waals surface area (Å²) >= 11 is 0. The molecule has 1 aliphatic rings. The van der Waals surface area contributed by atoms with Crippen LogP contribution in [0, 0.1) is 11.3 Å². The van der Waals surface area contributed by atoms with E-state index in [1.165, 1.54) is 0 Å². The summed E-state index contributed by atoms with van der Waals surface area (Å²) in [6.07, 6.45) is 3.36. The fourth-order valence-electron chi connectivity index (χ4n) is 2.82. The quantitative estimate of drug-likeness (QED) is 0.820. The Morgan fingerprint density at radius 2 is 1.95 bits per heavy atom. The second kappa shape index (κ2) is 4.82. The van der Waals surface area contributed by atoms with Crippen LogP contribution in [0.15, 0.2) is 18.3 Å². The van der Waals surface area contributed by atoms with E-state index in [4.69, 9.17) is 14.7 Å². The number of nitrogens with zero attached hydrogens (tertiary/aromatic N) is 2. The highest BCUT2D eigenvalue weighted by Gasteiger charge is 2.40. The van der Waals surface area contributed by atoms with E-state index >= 15 is 0 Å². The molecule has 0 N–H and O–H groups in total. The van der Waals surface area contributed by atoms with E-state index in [1.807, 2.05) is 6.07 Å². The molecule has 1 aromatic heterocycles. The van der Waals surface area contributed by atoms with Gasteiger partial charge in [-0.2, -0.15) is 5.26 Å². The van der Waals surface area contributed by atoms with Gasteiger partial charge >= 0.3 is 0 Å². The summed E-state index contributed by atoms with van der Waals surface area (Å²) in [5.41, 5.74) is -0.0160. The molecular formula is C15H20N2O2. The van der Waals surface area contributed by atoms with Gasteiger partial charge in [0, 0.05) is 25.1 Å². The van der Waals surface area contributed by atoms with Crippen molar-refractivity contribution in [1.82, 2.24) is 4.98 Å². The molecule has 4 heteroatoms. The third-order valence-corrected chi connectivity index (χ3v) is 3.14. The van der Waals surface area contributed by atoms with Gasteiger partial charge in [0.15, 0.2) is 0 Å². The Kier molecular flexibility index (Phi) is 3.51. The zero-order valence-corrected chi connectivity index (χ0v) is 11.9. The third-order valence-electron chi connectivity index (χ3n) is 3.14. The molecule has 19 heavy (non-hydrogen) atoms. The zero-order chi connectivity index (χ0) is 14.1. The highest BCUT2D eigenvalue weighted by Crippen LogP contribution is 2.36. The summed E-state index contributed by atoms with van der Waals surface area (Å²) in [5, 5.41) is 8.85. The smallest absolute Gasteiger partial charge is 0.144 e. The van der Waals surface area contributed by atoms with E-state index in [-0.39, 0.29) is 17.3 Å². The minimum Gasteiger partial charge on any atom is -0.490 e. The van der Waals surface area contributed by atoms with Crippen LogP contribution in [-0.2, 0) is 4.74 Å². The van der Waals surface area contributed by atoms with Crippen LogP contribution in [0.5, 0.6) is 5.75 Å². The number of hydrogen-bond acceptors (Lipinski definition) is 4. The summed E-state index contributed by atoms with van der Waals surface area (Å²) in [4.78, 5) is 3.94. The first-order chi connectivity index (χ1) is 8.80. The van der Waals surface area contributed by atoms with E-state index in [2.05, 4.69) is 32.7 Å². The summed E-state index contributed by atoms with van der Waals surface area (Å²) in [5.74, 6) is 0.699. The molecule has 0 bridgehead atoms. The van der Waals surface area contributed by atoms with Crippen LogP contribution in [0.1, 0.15) is 46.2 Å². The van der Waals surface area contributed by atoms with Gasteiger partial charge in [0.1, 0.15) is 23.6 Å². The predicted molar refractivity (Wildman–Crippen MR) is 71.8 cm³/mol. The van der Waals surface area contributed by atoms with E-state index in [0.29, 0.717) is 11.4 Å². The van der Waals surface area contributed by atoms with Crippen LogP contribution in [0.4, 0.5) is 0 Å². The highest BCUT2D eigenvalue weighted by molar-refractivity contribution is 5.29. The summed E-state index contributed by atoms with van der Waals surface area (Å²) in [6, 6.07) is 5.49. The van der Waals surface area contributed by atoms with E-state index < -0.39 is 0 Å². The highest BCUT2D eigenvalue weighted by atomic mass is 16.5. The molecule has 1 aliphatic heterocycles. The first kappa shape index (κ1) is 13.8. The molecule has 0 saturated carbocycles. The van der Waals surface area contributed by atoms with Gasteiger partial charge < -0.3 is 9.47 Å². The molecule has 0 amide bonds. The Balaban J connectivity index is 2.12. The van der Waals surface area contributed by atoms with Crippen molar-refractivity contribution in [1.29, 1.82) is 5.26 Å². The average Bonchev–Trinajstić information content (AvgIpc) is 2.24. The van der Waals surface area contributed by atoms with Crippen molar-refractivity contribution >= 4 is 0 Å². The lowest BCUT2D eigenvalue weighted by molar-refractivity contribution is -0.182. The minimum absolute atomic E-state index is 0.0905. The van der Waals surface area contributed by atoms with E-state index in [0.717, 1.165) is 12.8 Å². The van der Waals surface area contributed by atoms with Gasteiger partial charge in [-0.15, -0.1) is 0 Å². The van der Waals surface area contributed by atoms with Crippen molar-refractivity contribution in [2.75, 3.05) is 0 Å². The van der Waals surface area contributed by atoms with Crippen LogP contribution >= 0.6 is 0 Å². The van der Waals surface area contributed by atoms with Crippen LogP contribution in [-0.4, -0.2) is 22.3 Å². The van der Waals surface area contributed by atoms with Crippen molar-refractivity contribution in [2.45, 2.75) is 57.8 Å². The molecule has 1 aromatic rings. The number of hydrogen-bond donors (Lipinski definition) is 0. The Labute approximate surface area is 114 Å². The van der Waals surface area contributed by atoms with E-state index in [9.17, 15) is 0 Å². The molecular weight excluding hydrogens is 240 g/mol. The number of rotatable bonds is 2. The van der Waals surface area contributed by atoms with Gasteiger partial charge in [-0.25, -0.2) is 4.98 Å². The van der Waals surface area contributed by atoms with Crippen LogP contribution in [0.25, 0.3) is 0 Å². The van der Waals surface area contributed by atoms with Crippen molar-refractivity contribution < 1.29 is 9.47 Å². The fourth-order valence-corrected chi connectivity index (χ4v) is 2.82. The van der Waals surface area contributed by atoms with Crippen molar-refractivity contribution in [3.05, 3.63) is 24.0 Å². The van der Waals surface area contributed by atoms with E-state index in [1.54, 1.807) is 18.3 Å². The van der Waals surface area contributed by atoms with Gasteiger partial charge in [0.2, 0.25) is 0 Å². The normalized spacial score (nSPS) is 21.6. The zero-order valence-electron chi connectivity index (χ0n) is 11.9. The number of nitriles is 1. The molecule has 0 atom stereocenters. The van der Waals surface area contributed by atoms with Crippen molar-refractivity contribution in [3.63, 3.8) is 0 Å². The molecule has 2 heterocycles. The average molecular weight is 260 g/mol. The van der Waals surface area contributed by atoms with Gasteiger partial charge in [-0.1, -0.05) is 0 Å². The van der Waals surface area contributed by atoms with Gasteiger partial charge in [-0.3, -0.25) is 0 Å². The minimum atomic E-state index is -0.197. The Morgan fingerprint density at radius 3 is 2.53 bits per heavy atom. The Hall–Kier alpha value is -1.60. The third kappa shape index (κ3) is 3.68. The molecule has 4 nitrogen and oxygen atoms in total. The summed E-state index contributed by atoms with van der Waals surface area (Å²) in [7, 11) is 0. The van der Waals surface area contributed by atoms with Gasteiger partial charge in [0.05, 0.1) is 11.2 Å². The van der Waals surface area contributed by atoms with Gasteiger partial charge in [-0.05, 0) is 33.8 Å². The molecule has 1 saturated heterocycles. The maximum absolute atomic E-state index is 8.85. The molecule has 1 fully saturated rings.